The molecule has 3 heteroatoms. The molecule has 0 bridgehead atoms. The van der Waals surface area contributed by atoms with Crippen molar-refractivity contribution in [2.75, 3.05) is 13.2 Å². The Kier molecular flexibility index (Phi) is 7.44. The van der Waals surface area contributed by atoms with Crippen molar-refractivity contribution in [1.29, 1.82) is 0 Å². The molecule has 1 atom stereocenters. The van der Waals surface area contributed by atoms with Crippen molar-refractivity contribution in [2.45, 2.75) is 46.3 Å². The lowest BCUT2D eigenvalue weighted by Gasteiger charge is -2.22. The first-order chi connectivity index (χ1) is 9.00. The molecule has 1 aromatic rings. The molecule has 1 N–H and O–H groups in total. The van der Waals surface area contributed by atoms with Crippen LogP contribution in [0.5, 0.6) is 0 Å². The molecule has 1 rings (SSSR count). The number of hydrogen-bond acceptors (Lipinski definition) is 2. The molecular weight excluding hydrogens is 258 g/mol. The summed E-state index contributed by atoms with van der Waals surface area (Å²) in [5, 5.41) is 4.21. The van der Waals surface area contributed by atoms with E-state index in [-0.39, 0.29) is 6.10 Å². The average Bonchev–Trinajstić information content (AvgIpc) is 2.34. The van der Waals surface area contributed by atoms with E-state index < -0.39 is 0 Å². The summed E-state index contributed by atoms with van der Waals surface area (Å²) < 4.78 is 6.02. The van der Waals surface area contributed by atoms with Crippen LogP contribution >= 0.6 is 11.6 Å². The standard InChI is InChI=1S/C16H26ClNO/c1-12(2)9-10-19-16(11-18-13(3)4)14-7-5-6-8-15(14)17/h5-8,12-13,16,18H,9-11H2,1-4H3. The molecule has 0 aliphatic carbocycles. The highest BCUT2D eigenvalue weighted by Gasteiger charge is 2.15. The van der Waals surface area contributed by atoms with E-state index >= 15 is 0 Å². The van der Waals surface area contributed by atoms with Gasteiger partial charge in [-0.05, 0) is 18.4 Å². The van der Waals surface area contributed by atoms with Gasteiger partial charge in [-0.3, -0.25) is 0 Å². The summed E-state index contributed by atoms with van der Waals surface area (Å²) in [6.45, 7) is 10.3. The van der Waals surface area contributed by atoms with E-state index in [9.17, 15) is 0 Å². The average molecular weight is 284 g/mol. The summed E-state index contributed by atoms with van der Waals surface area (Å²) in [5.41, 5.74) is 1.07. The predicted octanol–water partition coefficient (Wildman–Crippen LogP) is 4.44. The zero-order valence-electron chi connectivity index (χ0n) is 12.4. The minimum atomic E-state index is 0.0230. The molecular formula is C16H26ClNO. The van der Waals surface area contributed by atoms with Crippen molar-refractivity contribution in [1.82, 2.24) is 5.32 Å². The number of hydrogen-bond donors (Lipinski definition) is 1. The normalized spacial score (nSPS) is 13.2. The van der Waals surface area contributed by atoms with Gasteiger partial charge in [-0.1, -0.05) is 57.5 Å². The first-order valence-electron chi connectivity index (χ1n) is 7.10. The third kappa shape index (κ3) is 6.42. The number of halogens is 1. The fraction of sp³-hybridized carbons (Fsp3) is 0.625. The Bertz CT molecular complexity index is 366. The van der Waals surface area contributed by atoms with Gasteiger partial charge >= 0.3 is 0 Å². The molecule has 2 nitrogen and oxygen atoms in total. The Morgan fingerprint density at radius 1 is 1.16 bits per heavy atom. The quantitative estimate of drug-likeness (QED) is 0.761. The smallest absolute Gasteiger partial charge is 0.0963 e. The molecule has 0 amide bonds. The minimum Gasteiger partial charge on any atom is -0.372 e. The second-order valence-electron chi connectivity index (χ2n) is 5.63. The van der Waals surface area contributed by atoms with E-state index in [2.05, 4.69) is 33.0 Å². The van der Waals surface area contributed by atoms with Gasteiger partial charge in [0.25, 0.3) is 0 Å². The van der Waals surface area contributed by atoms with Gasteiger partial charge in [0.1, 0.15) is 0 Å². The van der Waals surface area contributed by atoms with Crippen LogP contribution in [-0.4, -0.2) is 19.2 Å². The molecule has 0 aliphatic heterocycles. The SMILES string of the molecule is CC(C)CCOC(CNC(C)C)c1ccccc1Cl. The first kappa shape index (κ1) is 16.5. The topological polar surface area (TPSA) is 21.3 Å². The number of benzene rings is 1. The van der Waals surface area contributed by atoms with Gasteiger partial charge in [-0.15, -0.1) is 0 Å². The van der Waals surface area contributed by atoms with Gasteiger partial charge in [-0.2, -0.15) is 0 Å². The molecule has 0 spiro atoms. The Morgan fingerprint density at radius 2 is 1.84 bits per heavy atom. The minimum absolute atomic E-state index is 0.0230. The number of nitrogens with one attached hydrogen (secondary N) is 1. The summed E-state index contributed by atoms with van der Waals surface area (Å²) in [5.74, 6) is 0.657. The van der Waals surface area contributed by atoms with Gasteiger partial charge in [0, 0.05) is 29.8 Å². The van der Waals surface area contributed by atoms with Crippen molar-refractivity contribution >= 4 is 11.6 Å². The summed E-state index contributed by atoms with van der Waals surface area (Å²) in [6, 6.07) is 8.37. The van der Waals surface area contributed by atoms with E-state index in [1.165, 1.54) is 0 Å². The summed E-state index contributed by atoms with van der Waals surface area (Å²) in [4.78, 5) is 0. The predicted molar refractivity (Wildman–Crippen MR) is 82.7 cm³/mol. The molecule has 0 radical (unpaired) electrons. The maximum absolute atomic E-state index is 6.27. The lowest BCUT2D eigenvalue weighted by Crippen LogP contribution is -2.29. The molecule has 0 aromatic heterocycles. The molecule has 19 heavy (non-hydrogen) atoms. The van der Waals surface area contributed by atoms with Crippen molar-refractivity contribution in [3.8, 4) is 0 Å². The Morgan fingerprint density at radius 3 is 2.42 bits per heavy atom. The van der Waals surface area contributed by atoms with Crippen molar-refractivity contribution in [3.63, 3.8) is 0 Å². The molecule has 1 aromatic carbocycles. The highest BCUT2D eigenvalue weighted by molar-refractivity contribution is 6.31. The van der Waals surface area contributed by atoms with Crippen LogP contribution in [0, 0.1) is 5.92 Å². The third-order valence-electron chi connectivity index (χ3n) is 2.98. The second kappa shape index (κ2) is 8.57. The molecule has 0 aliphatic rings. The monoisotopic (exact) mass is 283 g/mol. The molecule has 0 saturated heterocycles. The lowest BCUT2D eigenvalue weighted by molar-refractivity contribution is 0.0446. The largest absolute Gasteiger partial charge is 0.372 e. The summed E-state index contributed by atoms with van der Waals surface area (Å²) in [7, 11) is 0. The van der Waals surface area contributed by atoms with Crippen LogP contribution in [0.15, 0.2) is 24.3 Å². The van der Waals surface area contributed by atoms with Gasteiger partial charge in [0.05, 0.1) is 6.10 Å². The van der Waals surface area contributed by atoms with E-state index in [1.807, 2.05) is 24.3 Å². The van der Waals surface area contributed by atoms with Crippen LogP contribution in [0.2, 0.25) is 5.02 Å². The Labute approximate surface area is 122 Å². The van der Waals surface area contributed by atoms with E-state index in [0.29, 0.717) is 12.0 Å². The third-order valence-corrected chi connectivity index (χ3v) is 3.32. The Balaban J connectivity index is 2.66. The maximum atomic E-state index is 6.27. The number of rotatable bonds is 8. The van der Waals surface area contributed by atoms with Crippen LogP contribution in [0.4, 0.5) is 0 Å². The fourth-order valence-corrected chi connectivity index (χ4v) is 2.04. The van der Waals surface area contributed by atoms with Gasteiger partial charge in [-0.25, -0.2) is 0 Å². The molecule has 1 unspecified atom stereocenters. The van der Waals surface area contributed by atoms with Crippen LogP contribution in [0.3, 0.4) is 0 Å². The van der Waals surface area contributed by atoms with Crippen LogP contribution in [-0.2, 0) is 4.74 Å². The van der Waals surface area contributed by atoms with Crippen molar-refractivity contribution in [3.05, 3.63) is 34.9 Å². The van der Waals surface area contributed by atoms with Gasteiger partial charge < -0.3 is 10.1 Å². The van der Waals surface area contributed by atoms with Crippen molar-refractivity contribution < 1.29 is 4.74 Å². The zero-order valence-corrected chi connectivity index (χ0v) is 13.2. The van der Waals surface area contributed by atoms with Crippen LogP contribution in [0.1, 0.15) is 45.8 Å². The molecule has 0 heterocycles. The van der Waals surface area contributed by atoms with Gasteiger partial charge in [0.2, 0.25) is 0 Å². The summed E-state index contributed by atoms with van der Waals surface area (Å²) in [6.07, 6.45) is 1.10. The molecule has 0 fully saturated rings. The van der Waals surface area contributed by atoms with Gasteiger partial charge in [0.15, 0.2) is 0 Å². The zero-order chi connectivity index (χ0) is 14.3. The van der Waals surface area contributed by atoms with E-state index in [4.69, 9.17) is 16.3 Å². The van der Waals surface area contributed by atoms with E-state index in [0.717, 1.165) is 30.2 Å². The highest BCUT2D eigenvalue weighted by atomic mass is 35.5. The fourth-order valence-electron chi connectivity index (χ4n) is 1.78. The second-order valence-corrected chi connectivity index (χ2v) is 6.03. The first-order valence-corrected chi connectivity index (χ1v) is 7.48. The maximum Gasteiger partial charge on any atom is 0.0963 e. The number of ether oxygens (including phenoxy) is 1. The van der Waals surface area contributed by atoms with E-state index in [1.54, 1.807) is 0 Å². The molecule has 108 valence electrons. The Hall–Kier alpha value is -0.570. The summed E-state index contributed by atoms with van der Waals surface area (Å²) >= 11 is 6.27. The van der Waals surface area contributed by atoms with Crippen molar-refractivity contribution in [2.24, 2.45) is 5.92 Å². The highest BCUT2D eigenvalue weighted by Crippen LogP contribution is 2.25. The van der Waals surface area contributed by atoms with Crippen LogP contribution in [0.25, 0.3) is 0 Å². The lowest BCUT2D eigenvalue weighted by atomic mass is 10.1. The van der Waals surface area contributed by atoms with Crippen LogP contribution < -0.4 is 5.32 Å². The molecule has 0 saturated carbocycles.